The van der Waals surface area contributed by atoms with E-state index in [0.717, 1.165) is 9.09 Å². The zero-order valence-electron chi connectivity index (χ0n) is 5.96. The molecule has 2 rings (SSSR count). The van der Waals surface area contributed by atoms with E-state index in [9.17, 15) is 0 Å². The molecule has 5 heteroatoms. The first kappa shape index (κ1) is 8.12. The lowest BCUT2D eigenvalue weighted by Crippen LogP contribution is -1.90. The Hall–Kier alpha value is -0.490. The van der Waals surface area contributed by atoms with Gasteiger partial charge in [0.1, 0.15) is 5.52 Å². The summed E-state index contributed by atoms with van der Waals surface area (Å²) in [6, 6.07) is 1.89. The molecule has 0 aliphatic carbocycles. The van der Waals surface area contributed by atoms with Gasteiger partial charge in [0.25, 0.3) is 0 Å². The molecule has 0 radical (unpaired) electrons. The Kier molecular flexibility index (Phi) is 1.88. The van der Waals surface area contributed by atoms with Gasteiger partial charge in [0.2, 0.25) is 0 Å². The van der Waals surface area contributed by atoms with Crippen LogP contribution in [0.5, 0.6) is 0 Å². The number of fused-ring (bicyclic) bond motifs is 1. The van der Waals surface area contributed by atoms with Crippen LogP contribution in [0.15, 0.2) is 18.5 Å². The average molecular weight is 293 g/mol. The van der Waals surface area contributed by atoms with Gasteiger partial charge in [-0.3, -0.25) is 0 Å². The predicted molar refractivity (Wildman–Crippen MR) is 57.3 cm³/mol. The van der Waals surface area contributed by atoms with Crippen molar-refractivity contribution in [2.24, 2.45) is 0 Å². The van der Waals surface area contributed by atoms with Crippen molar-refractivity contribution in [2.75, 3.05) is 5.73 Å². The fraction of sp³-hybridized carbons (Fsp3) is 0. The molecule has 3 nitrogen and oxygen atoms in total. The van der Waals surface area contributed by atoms with Gasteiger partial charge in [0.15, 0.2) is 0 Å². The smallest absolute Gasteiger partial charge is 0.109 e. The van der Waals surface area contributed by atoms with Crippen molar-refractivity contribution < 1.29 is 0 Å². The van der Waals surface area contributed by atoms with Crippen LogP contribution in [0.1, 0.15) is 0 Å². The number of pyridine rings is 1. The van der Waals surface area contributed by atoms with E-state index in [1.807, 2.05) is 12.3 Å². The van der Waals surface area contributed by atoms with E-state index < -0.39 is 0 Å². The fourth-order valence-electron chi connectivity index (χ4n) is 1.04. The number of rotatable bonds is 0. The van der Waals surface area contributed by atoms with Crippen LogP contribution in [0.4, 0.5) is 5.69 Å². The van der Waals surface area contributed by atoms with E-state index in [-0.39, 0.29) is 0 Å². The van der Waals surface area contributed by atoms with E-state index in [1.54, 1.807) is 10.7 Å². The van der Waals surface area contributed by atoms with Crippen molar-refractivity contribution >= 4 is 45.4 Å². The minimum Gasteiger partial charge on any atom is -0.396 e. The molecule has 2 aromatic rings. The Morgan fingerprint density at radius 1 is 1.58 bits per heavy atom. The number of hydrogen-bond acceptors (Lipinski definition) is 2. The normalized spacial score (nSPS) is 10.8. The maximum atomic E-state index is 6.02. The highest BCUT2D eigenvalue weighted by Gasteiger charge is 2.07. The number of nitrogens with two attached hydrogens (primary N) is 1. The maximum absolute atomic E-state index is 6.02. The molecule has 0 fully saturated rings. The van der Waals surface area contributed by atoms with E-state index in [0.29, 0.717) is 10.7 Å². The van der Waals surface area contributed by atoms with E-state index in [2.05, 4.69) is 27.7 Å². The molecule has 0 aliphatic heterocycles. The predicted octanol–water partition coefficient (Wildman–Crippen LogP) is 2.17. The van der Waals surface area contributed by atoms with E-state index >= 15 is 0 Å². The van der Waals surface area contributed by atoms with Crippen LogP contribution in [0, 0.1) is 3.57 Å². The van der Waals surface area contributed by atoms with Crippen molar-refractivity contribution in [1.82, 2.24) is 9.61 Å². The molecular weight excluding hydrogens is 288 g/mol. The number of halogens is 2. The van der Waals surface area contributed by atoms with Gasteiger partial charge in [-0.2, -0.15) is 5.10 Å². The summed E-state index contributed by atoms with van der Waals surface area (Å²) in [6.45, 7) is 0. The number of nitrogens with zero attached hydrogens (tertiary/aromatic N) is 2. The van der Waals surface area contributed by atoms with Gasteiger partial charge in [-0.05, 0) is 28.7 Å². The maximum Gasteiger partial charge on any atom is 0.109 e. The summed E-state index contributed by atoms with van der Waals surface area (Å²) in [5.74, 6) is 0. The summed E-state index contributed by atoms with van der Waals surface area (Å²) >= 11 is 8.18. The summed E-state index contributed by atoms with van der Waals surface area (Å²) in [5.41, 5.74) is 7.07. The first-order chi connectivity index (χ1) is 5.70. The van der Waals surface area contributed by atoms with Crippen LogP contribution < -0.4 is 5.73 Å². The molecule has 0 saturated heterocycles. The Balaban J connectivity index is 2.96. The van der Waals surface area contributed by atoms with Crippen LogP contribution >= 0.6 is 34.2 Å². The molecule has 0 unspecified atom stereocenters. The van der Waals surface area contributed by atoms with Gasteiger partial charge in [-0.1, -0.05) is 11.6 Å². The first-order valence-corrected chi connectivity index (χ1v) is 4.72. The number of anilines is 1. The number of nitrogen functional groups attached to an aromatic ring is 1. The minimum absolute atomic E-state index is 0.610. The van der Waals surface area contributed by atoms with Crippen molar-refractivity contribution in [1.29, 1.82) is 0 Å². The Bertz CT molecular complexity index is 437. The third kappa shape index (κ3) is 1.06. The summed E-state index contributed by atoms with van der Waals surface area (Å²) in [4.78, 5) is 0. The minimum atomic E-state index is 0.610. The van der Waals surface area contributed by atoms with E-state index in [1.165, 1.54) is 0 Å². The molecule has 12 heavy (non-hydrogen) atoms. The molecular formula is C7H5ClIN3. The molecule has 2 N–H and O–H groups in total. The quantitative estimate of drug-likeness (QED) is 0.757. The van der Waals surface area contributed by atoms with Crippen molar-refractivity contribution in [2.45, 2.75) is 0 Å². The molecule has 2 aromatic heterocycles. The summed E-state index contributed by atoms with van der Waals surface area (Å²) in [7, 11) is 0. The Labute approximate surface area is 87.6 Å². The standard InChI is InChI=1S/C7H5ClIN3/c8-6-4(9)1-2-12-7(6)5(10)3-11-12/h1-3H,10H2. The lowest BCUT2D eigenvalue weighted by atomic mass is 10.4. The molecule has 62 valence electrons. The molecule has 0 amide bonds. The zero-order chi connectivity index (χ0) is 8.72. The summed E-state index contributed by atoms with van der Waals surface area (Å²) in [6.07, 6.45) is 3.43. The largest absolute Gasteiger partial charge is 0.396 e. The monoisotopic (exact) mass is 293 g/mol. The average Bonchev–Trinajstić information content (AvgIpc) is 2.41. The van der Waals surface area contributed by atoms with Crippen LogP contribution in [-0.2, 0) is 0 Å². The molecule has 0 aromatic carbocycles. The summed E-state index contributed by atoms with van der Waals surface area (Å²) in [5, 5.41) is 4.68. The fourth-order valence-corrected chi connectivity index (χ4v) is 1.71. The van der Waals surface area contributed by atoms with Crippen LogP contribution in [-0.4, -0.2) is 9.61 Å². The SMILES string of the molecule is Nc1cnn2ccc(I)c(Cl)c12. The Morgan fingerprint density at radius 3 is 3.08 bits per heavy atom. The van der Waals surface area contributed by atoms with Gasteiger partial charge >= 0.3 is 0 Å². The first-order valence-electron chi connectivity index (χ1n) is 3.27. The van der Waals surface area contributed by atoms with Gasteiger partial charge in [0.05, 0.1) is 16.9 Å². The van der Waals surface area contributed by atoms with Gasteiger partial charge in [-0.15, -0.1) is 0 Å². The molecule has 0 spiro atoms. The van der Waals surface area contributed by atoms with Crippen LogP contribution in [0.25, 0.3) is 5.52 Å². The molecule has 0 bridgehead atoms. The lowest BCUT2D eigenvalue weighted by Gasteiger charge is -1.98. The zero-order valence-corrected chi connectivity index (χ0v) is 8.87. The van der Waals surface area contributed by atoms with Crippen molar-refractivity contribution in [3.05, 3.63) is 27.1 Å². The second-order valence-corrected chi connectivity index (χ2v) is 3.91. The lowest BCUT2D eigenvalue weighted by molar-refractivity contribution is 0.959. The van der Waals surface area contributed by atoms with Gasteiger partial charge in [0, 0.05) is 9.77 Å². The molecule has 0 atom stereocenters. The highest BCUT2D eigenvalue weighted by Crippen LogP contribution is 2.27. The highest BCUT2D eigenvalue weighted by atomic mass is 127. The molecule has 0 saturated carbocycles. The second kappa shape index (κ2) is 2.77. The molecule has 2 heterocycles. The Morgan fingerprint density at radius 2 is 2.33 bits per heavy atom. The molecule has 0 aliphatic rings. The van der Waals surface area contributed by atoms with Gasteiger partial charge < -0.3 is 5.73 Å². The van der Waals surface area contributed by atoms with Crippen LogP contribution in [0.3, 0.4) is 0 Å². The second-order valence-electron chi connectivity index (χ2n) is 2.37. The summed E-state index contributed by atoms with van der Waals surface area (Å²) < 4.78 is 2.65. The number of aromatic nitrogens is 2. The third-order valence-corrected chi connectivity index (χ3v) is 3.20. The van der Waals surface area contributed by atoms with Gasteiger partial charge in [-0.25, -0.2) is 4.52 Å². The highest BCUT2D eigenvalue weighted by molar-refractivity contribution is 14.1. The van der Waals surface area contributed by atoms with E-state index in [4.69, 9.17) is 17.3 Å². The van der Waals surface area contributed by atoms with Crippen molar-refractivity contribution in [3.8, 4) is 0 Å². The van der Waals surface area contributed by atoms with Crippen molar-refractivity contribution in [3.63, 3.8) is 0 Å². The van der Waals surface area contributed by atoms with Crippen LogP contribution in [0.2, 0.25) is 5.02 Å². The number of hydrogen-bond donors (Lipinski definition) is 1. The topological polar surface area (TPSA) is 43.3 Å². The third-order valence-electron chi connectivity index (χ3n) is 1.60.